The van der Waals surface area contributed by atoms with Gasteiger partial charge in [-0.15, -0.1) is 0 Å². The molecule has 0 aliphatic carbocycles. The molecule has 0 aliphatic rings. The summed E-state index contributed by atoms with van der Waals surface area (Å²) in [6, 6.07) is 0. The monoisotopic (exact) mass is 173 g/mol. The van der Waals surface area contributed by atoms with E-state index >= 15 is 0 Å². The van der Waals surface area contributed by atoms with E-state index in [0.29, 0.717) is 12.0 Å². The van der Waals surface area contributed by atoms with E-state index in [2.05, 4.69) is 26.1 Å². The minimum atomic E-state index is 0.294. The second kappa shape index (κ2) is 5.31. The number of hydrogen-bond donors (Lipinski definition) is 1. The molecule has 0 atom stereocenters. The van der Waals surface area contributed by atoms with Crippen LogP contribution in [0.4, 0.5) is 4.39 Å². The van der Waals surface area contributed by atoms with E-state index in [0.717, 1.165) is 24.7 Å². The molecule has 0 saturated carbocycles. The van der Waals surface area contributed by atoms with Crippen LogP contribution in [-0.2, 0) is 0 Å². The van der Waals surface area contributed by atoms with Crippen molar-refractivity contribution >= 4 is 0 Å². The predicted octanol–water partition coefficient (Wildman–Crippen LogP) is 2.89. The van der Waals surface area contributed by atoms with Crippen LogP contribution in [0, 0.1) is 5.41 Å². The van der Waals surface area contributed by atoms with Crippen molar-refractivity contribution in [2.24, 2.45) is 5.41 Å². The van der Waals surface area contributed by atoms with Crippen LogP contribution in [0.1, 0.15) is 33.6 Å². The zero-order valence-corrected chi connectivity index (χ0v) is 8.58. The van der Waals surface area contributed by atoms with Crippen molar-refractivity contribution in [2.75, 3.05) is 13.6 Å². The Morgan fingerprint density at radius 3 is 2.33 bits per heavy atom. The summed E-state index contributed by atoms with van der Waals surface area (Å²) in [4.78, 5) is 0. The van der Waals surface area contributed by atoms with Crippen LogP contribution in [0.25, 0.3) is 0 Å². The topological polar surface area (TPSA) is 12.0 Å². The van der Waals surface area contributed by atoms with Crippen LogP contribution in [-0.4, -0.2) is 13.6 Å². The van der Waals surface area contributed by atoms with Crippen LogP contribution < -0.4 is 5.32 Å². The lowest BCUT2D eigenvalue weighted by Crippen LogP contribution is -2.12. The highest BCUT2D eigenvalue weighted by atomic mass is 19.1. The maximum atomic E-state index is 12.2. The van der Waals surface area contributed by atoms with Crippen LogP contribution >= 0.6 is 0 Å². The van der Waals surface area contributed by atoms with Gasteiger partial charge < -0.3 is 5.32 Å². The van der Waals surface area contributed by atoms with E-state index in [1.807, 2.05) is 7.05 Å². The van der Waals surface area contributed by atoms with Gasteiger partial charge in [-0.3, -0.25) is 0 Å². The molecule has 0 aromatic heterocycles. The molecule has 0 radical (unpaired) electrons. The number of hydrogen-bond acceptors (Lipinski definition) is 1. The molecule has 0 rings (SSSR count). The Morgan fingerprint density at radius 2 is 2.00 bits per heavy atom. The van der Waals surface area contributed by atoms with Gasteiger partial charge in [0.1, 0.15) is 0 Å². The Morgan fingerprint density at radius 1 is 1.42 bits per heavy atom. The van der Waals surface area contributed by atoms with Crippen LogP contribution in [0.5, 0.6) is 0 Å². The molecular weight excluding hydrogens is 153 g/mol. The number of halogens is 1. The lowest BCUT2D eigenvalue weighted by atomic mass is 9.89. The van der Waals surface area contributed by atoms with Gasteiger partial charge in [0.15, 0.2) is 0 Å². The Hall–Kier alpha value is -0.370. The first kappa shape index (κ1) is 11.6. The molecule has 0 heterocycles. The second-order valence-corrected chi connectivity index (χ2v) is 4.36. The van der Waals surface area contributed by atoms with Crippen LogP contribution in [0.2, 0.25) is 0 Å². The van der Waals surface area contributed by atoms with E-state index < -0.39 is 0 Å². The first-order valence-electron chi connectivity index (χ1n) is 4.42. The highest BCUT2D eigenvalue weighted by Gasteiger charge is 2.10. The third kappa shape index (κ3) is 6.35. The van der Waals surface area contributed by atoms with E-state index in [1.54, 1.807) is 0 Å². The highest BCUT2D eigenvalue weighted by Crippen LogP contribution is 2.23. The maximum absolute atomic E-state index is 12.2. The average Bonchev–Trinajstić information content (AvgIpc) is 1.96. The number of rotatable bonds is 4. The molecule has 0 aliphatic heterocycles. The van der Waals surface area contributed by atoms with Crippen LogP contribution in [0.3, 0.4) is 0 Å². The summed E-state index contributed by atoms with van der Waals surface area (Å²) in [6.45, 7) is 7.17. The molecule has 0 amide bonds. The molecular formula is C10H20FN. The molecule has 0 aromatic carbocycles. The first-order chi connectivity index (χ1) is 5.49. The fraction of sp³-hybridized carbons (Fsp3) is 0.800. The lowest BCUT2D eigenvalue weighted by Gasteiger charge is -2.18. The van der Waals surface area contributed by atoms with Gasteiger partial charge in [0.25, 0.3) is 0 Å². The standard InChI is InChI=1S/C10H20FN/c1-10(2,3)6-5-9(7-11)8-12-4/h7,12H,5-6,8H2,1-4H3/b9-7+. The molecule has 0 saturated heterocycles. The van der Waals surface area contributed by atoms with Crippen molar-refractivity contribution in [3.63, 3.8) is 0 Å². The molecule has 0 aromatic rings. The van der Waals surface area contributed by atoms with Gasteiger partial charge in [0, 0.05) is 6.54 Å². The molecule has 2 heteroatoms. The van der Waals surface area contributed by atoms with Gasteiger partial charge in [-0.1, -0.05) is 20.8 Å². The first-order valence-corrected chi connectivity index (χ1v) is 4.42. The van der Waals surface area contributed by atoms with E-state index in [4.69, 9.17) is 0 Å². The minimum Gasteiger partial charge on any atom is -0.316 e. The van der Waals surface area contributed by atoms with Crippen molar-refractivity contribution in [3.05, 3.63) is 11.9 Å². The largest absolute Gasteiger partial charge is 0.316 e. The molecule has 72 valence electrons. The van der Waals surface area contributed by atoms with Crippen molar-refractivity contribution < 1.29 is 4.39 Å². The quantitative estimate of drug-likeness (QED) is 0.689. The Balaban J connectivity index is 3.74. The SMILES string of the molecule is CNC/C(=C/F)CCC(C)(C)C. The Labute approximate surface area is 75.0 Å². The van der Waals surface area contributed by atoms with Gasteiger partial charge in [0.2, 0.25) is 0 Å². The predicted molar refractivity (Wildman–Crippen MR) is 51.8 cm³/mol. The van der Waals surface area contributed by atoms with Gasteiger partial charge in [-0.05, 0) is 30.9 Å². The summed E-state index contributed by atoms with van der Waals surface area (Å²) in [7, 11) is 1.83. The zero-order valence-electron chi connectivity index (χ0n) is 8.58. The molecule has 0 fully saturated rings. The Bertz CT molecular complexity index is 144. The van der Waals surface area contributed by atoms with Crippen molar-refractivity contribution in [1.29, 1.82) is 0 Å². The lowest BCUT2D eigenvalue weighted by molar-refractivity contribution is 0.375. The molecule has 1 nitrogen and oxygen atoms in total. The Kier molecular flexibility index (Phi) is 5.14. The minimum absolute atomic E-state index is 0.294. The van der Waals surface area contributed by atoms with E-state index in [1.165, 1.54) is 0 Å². The van der Waals surface area contributed by atoms with Crippen molar-refractivity contribution in [2.45, 2.75) is 33.6 Å². The highest BCUT2D eigenvalue weighted by molar-refractivity contribution is 5.00. The molecule has 0 unspecified atom stereocenters. The summed E-state index contributed by atoms with van der Waals surface area (Å²) in [5.41, 5.74) is 1.15. The maximum Gasteiger partial charge on any atom is 0.0871 e. The van der Waals surface area contributed by atoms with Gasteiger partial charge in [-0.2, -0.15) is 0 Å². The molecule has 1 N–H and O–H groups in total. The van der Waals surface area contributed by atoms with Gasteiger partial charge >= 0.3 is 0 Å². The smallest absolute Gasteiger partial charge is 0.0871 e. The van der Waals surface area contributed by atoms with E-state index in [9.17, 15) is 4.39 Å². The molecule has 0 spiro atoms. The normalized spacial score (nSPS) is 13.6. The second-order valence-electron chi connectivity index (χ2n) is 4.36. The third-order valence-electron chi connectivity index (χ3n) is 1.75. The van der Waals surface area contributed by atoms with Crippen molar-refractivity contribution in [1.82, 2.24) is 5.32 Å². The van der Waals surface area contributed by atoms with Gasteiger partial charge in [-0.25, -0.2) is 4.39 Å². The summed E-state index contributed by atoms with van der Waals surface area (Å²) >= 11 is 0. The fourth-order valence-corrected chi connectivity index (χ4v) is 0.944. The van der Waals surface area contributed by atoms with Crippen molar-refractivity contribution in [3.8, 4) is 0 Å². The zero-order chi connectivity index (χ0) is 9.61. The number of nitrogens with one attached hydrogen (secondary N) is 1. The van der Waals surface area contributed by atoms with Crippen LogP contribution in [0.15, 0.2) is 11.9 Å². The fourth-order valence-electron chi connectivity index (χ4n) is 0.944. The van der Waals surface area contributed by atoms with Gasteiger partial charge in [0.05, 0.1) is 6.33 Å². The van der Waals surface area contributed by atoms with E-state index in [-0.39, 0.29) is 0 Å². The summed E-state index contributed by atoms with van der Waals surface area (Å²) in [6.07, 6.45) is 2.60. The molecule has 0 bridgehead atoms. The summed E-state index contributed by atoms with van der Waals surface area (Å²) in [5.74, 6) is 0. The summed E-state index contributed by atoms with van der Waals surface area (Å²) in [5, 5.41) is 2.95. The third-order valence-corrected chi connectivity index (χ3v) is 1.75. The summed E-state index contributed by atoms with van der Waals surface area (Å²) < 4.78 is 12.2. The molecule has 12 heavy (non-hydrogen) atoms. The average molecular weight is 173 g/mol. The number of likely N-dealkylation sites (N-methyl/N-ethyl adjacent to an activating group) is 1.